The Balaban J connectivity index is 2.09. The maximum absolute atomic E-state index is 4.35. The molecule has 18 heavy (non-hydrogen) atoms. The van der Waals surface area contributed by atoms with Crippen molar-refractivity contribution in [2.24, 2.45) is 5.92 Å². The van der Waals surface area contributed by atoms with Crippen molar-refractivity contribution in [1.29, 1.82) is 0 Å². The highest BCUT2D eigenvalue weighted by Crippen LogP contribution is 2.33. The third kappa shape index (κ3) is 3.19. The fraction of sp³-hybridized carbons (Fsp3) is 0.467. The summed E-state index contributed by atoms with van der Waals surface area (Å²) in [6.07, 6.45) is 11.9. The third-order valence-electron chi connectivity index (χ3n) is 3.49. The van der Waals surface area contributed by atoms with Crippen LogP contribution in [0, 0.1) is 5.92 Å². The molecular formula is C15H21N3. The molecule has 1 N–H and O–H groups in total. The van der Waals surface area contributed by atoms with Crippen LogP contribution in [0.5, 0.6) is 0 Å². The molecule has 1 aromatic heterocycles. The van der Waals surface area contributed by atoms with Crippen LogP contribution >= 0.6 is 0 Å². The Kier molecular flexibility index (Phi) is 4.51. The molecule has 1 aromatic rings. The predicted octanol–water partition coefficient (Wildman–Crippen LogP) is 4.02. The van der Waals surface area contributed by atoms with Crippen molar-refractivity contribution < 1.29 is 0 Å². The second-order valence-corrected chi connectivity index (χ2v) is 4.79. The Morgan fingerprint density at radius 1 is 1.33 bits per heavy atom. The first-order valence-corrected chi connectivity index (χ1v) is 6.70. The molecular weight excluding hydrogens is 222 g/mol. The van der Waals surface area contributed by atoms with E-state index in [9.17, 15) is 0 Å². The summed E-state index contributed by atoms with van der Waals surface area (Å²) in [5.74, 6) is 1.43. The molecule has 0 amide bonds. The van der Waals surface area contributed by atoms with Gasteiger partial charge in [0.15, 0.2) is 0 Å². The van der Waals surface area contributed by atoms with Crippen molar-refractivity contribution >= 4 is 11.4 Å². The summed E-state index contributed by atoms with van der Waals surface area (Å²) in [5.41, 5.74) is 2.14. The number of rotatable bonds is 4. The van der Waals surface area contributed by atoms with Gasteiger partial charge in [0.05, 0.1) is 5.69 Å². The molecule has 0 aliphatic heterocycles. The second-order valence-electron chi connectivity index (χ2n) is 4.79. The predicted molar refractivity (Wildman–Crippen MR) is 76.1 cm³/mol. The Morgan fingerprint density at radius 3 is 2.83 bits per heavy atom. The first-order chi connectivity index (χ1) is 8.81. The number of nitrogens with zero attached hydrogens (tertiary/aromatic N) is 2. The maximum Gasteiger partial charge on any atom is 0.133 e. The molecule has 0 atom stereocenters. The molecule has 0 aromatic carbocycles. The Hall–Kier alpha value is -1.64. The van der Waals surface area contributed by atoms with Gasteiger partial charge in [0.2, 0.25) is 0 Å². The van der Waals surface area contributed by atoms with Crippen LogP contribution in [0.1, 0.15) is 44.7 Å². The van der Waals surface area contributed by atoms with Crippen molar-refractivity contribution in [2.75, 3.05) is 5.32 Å². The molecule has 0 bridgehead atoms. The zero-order valence-electron chi connectivity index (χ0n) is 11.0. The minimum Gasteiger partial charge on any atom is -0.347 e. The van der Waals surface area contributed by atoms with E-state index in [1.807, 2.05) is 25.3 Å². The lowest BCUT2D eigenvalue weighted by Gasteiger charge is -2.23. The molecule has 1 fully saturated rings. The number of anilines is 1. The monoisotopic (exact) mass is 243 g/mol. The Morgan fingerprint density at radius 2 is 2.11 bits per heavy atom. The highest BCUT2D eigenvalue weighted by atomic mass is 15.0. The zero-order chi connectivity index (χ0) is 12.8. The molecule has 0 radical (unpaired) electrons. The standard InChI is InChI=1S/C15H21N3/c1-3-9-16-15-10-14(17-11-18-15)12(2)13-7-5-4-6-8-13/h3,9-11,13H,2,4-8H2,1H3,(H,16,17,18)/b9-3-. The summed E-state index contributed by atoms with van der Waals surface area (Å²) >= 11 is 0. The zero-order valence-corrected chi connectivity index (χ0v) is 11.0. The minimum absolute atomic E-state index is 0.600. The second kappa shape index (κ2) is 6.34. The van der Waals surface area contributed by atoms with Crippen molar-refractivity contribution in [3.8, 4) is 0 Å². The number of hydrogen-bond donors (Lipinski definition) is 1. The van der Waals surface area contributed by atoms with E-state index < -0.39 is 0 Å². The van der Waals surface area contributed by atoms with E-state index in [-0.39, 0.29) is 0 Å². The van der Waals surface area contributed by atoms with Gasteiger partial charge < -0.3 is 5.32 Å². The number of allylic oxidation sites excluding steroid dienone is 2. The lowest BCUT2D eigenvalue weighted by atomic mass is 9.83. The average Bonchev–Trinajstić information content (AvgIpc) is 2.45. The molecule has 1 aliphatic rings. The average molecular weight is 243 g/mol. The summed E-state index contributed by atoms with van der Waals surface area (Å²) in [4.78, 5) is 8.54. The number of aromatic nitrogens is 2. The van der Waals surface area contributed by atoms with Gasteiger partial charge in [0.25, 0.3) is 0 Å². The van der Waals surface area contributed by atoms with Crippen molar-refractivity contribution in [2.45, 2.75) is 39.0 Å². The van der Waals surface area contributed by atoms with Gasteiger partial charge in [-0.25, -0.2) is 9.97 Å². The molecule has 2 rings (SSSR count). The molecule has 0 saturated heterocycles. The molecule has 1 heterocycles. The van der Waals surface area contributed by atoms with Gasteiger partial charge >= 0.3 is 0 Å². The molecule has 1 aliphatic carbocycles. The van der Waals surface area contributed by atoms with Crippen LogP contribution in [0.25, 0.3) is 5.57 Å². The lowest BCUT2D eigenvalue weighted by Crippen LogP contribution is -2.09. The van der Waals surface area contributed by atoms with Gasteiger partial charge in [0.1, 0.15) is 12.1 Å². The van der Waals surface area contributed by atoms with Gasteiger partial charge in [-0.15, -0.1) is 0 Å². The molecule has 3 nitrogen and oxygen atoms in total. The molecule has 0 unspecified atom stereocenters. The van der Waals surface area contributed by atoms with Crippen LogP contribution in [0.15, 0.2) is 31.2 Å². The summed E-state index contributed by atoms with van der Waals surface area (Å²) in [6, 6.07) is 1.98. The molecule has 1 saturated carbocycles. The topological polar surface area (TPSA) is 37.8 Å². The van der Waals surface area contributed by atoms with Crippen LogP contribution in [0.2, 0.25) is 0 Å². The SMILES string of the molecule is C=C(c1cc(N/C=C\C)ncn1)C1CCCCC1. The van der Waals surface area contributed by atoms with Gasteiger partial charge in [0, 0.05) is 6.07 Å². The summed E-state index contributed by atoms with van der Waals surface area (Å²) in [6.45, 7) is 6.20. The molecule has 3 heteroatoms. The maximum atomic E-state index is 4.35. The van der Waals surface area contributed by atoms with E-state index in [1.165, 1.54) is 37.7 Å². The van der Waals surface area contributed by atoms with Gasteiger partial charge in [-0.05, 0) is 37.5 Å². The highest BCUT2D eigenvalue weighted by molar-refractivity contribution is 5.64. The summed E-state index contributed by atoms with van der Waals surface area (Å²) in [5, 5.41) is 3.12. The number of hydrogen-bond acceptors (Lipinski definition) is 3. The fourth-order valence-electron chi connectivity index (χ4n) is 2.44. The van der Waals surface area contributed by atoms with Crippen molar-refractivity contribution in [3.05, 3.63) is 36.9 Å². The van der Waals surface area contributed by atoms with Crippen LogP contribution in [-0.2, 0) is 0 Å². The molecule has 0 spiro atoms. The highest BCUT2D eigenvalue weighted by Gasteiger charge is 2.18. The van der Waals surface area contributed by atoms with E-state index in [0.717, 1.165) is 11.5 Å². The van der Waals surface area contributed by atoms with E-state index >= 15 is 0 Å². The fourth-order valence-corrected chi connectivity index (χ4v) is 2.44. The van der Waals surface area contributed by atoms with Crippen LogP contribution < -0.4 is 5.32 Å². The normalized spacial score (nSPS) is 16.9. The van der Waals surface area contributed by atoms with Gasteiger partial charge in [-0.3, -0.25) is 0 Å². The first-order valence-electron chi connectivity index (χ1n) is 6.70. The van der Waals surface area contributed by atoms with Gasteiger partial charge in [-0.1, -0.05) is 31.9 Å². The lowest BCUT2D eigenvalue weighted by molar-refractivity contribution is 0.429. The van der Waals surface area contributed by atoms with E-state index in [1.54, 1.807) is 6.33 Å². The Bertz CT molecular complexity index is 431. The Labute approximate surface area is 109 Å². The van der Waals surface area contributed by atoms with Crippen LogP contribution in [0.3, 0.4) is 0 Å². The largest absolute Gasteiger partial charge is 0.347 e. The third-order valence-corrected chi connectivity index (χ3v) is 3.49. The van der Waals surface area contributed by atoms with E-state index in [4.69, 9.17) is 0 Å². The molecule has 96 valence electrons. The minimum atomic E-state index is 0.600. The summed E-state index contributed by atoms with van der Waals surface area (Å²) < 4.78 is 0. The van der Waals surface area contributed by atoms with Crippen molar-refractivity contribution in [3.63, 3.8) is 0 Å². The number of nitrogens with one attached hydrogen (secondary N) is 1. The van der Waals surface area contributed by atoms with E-state index in [2.05, 4.69) is 21.9 Å². The van der Waals surface area contributed by atoms with Gasteiger partial charge in [-0.2, -0.15) is 0 Å². The van der Waals surface area contributed by atoms with Crippen molar-refractivity contribution in [1.82, 2.24) is 9.97 Å². The van der Waals surface area contributed by atoms with E-state index in [0.29, 0.717) is 5.92 Å². The van der Waals surface area contributed by atoms with Crippen LogP contribution in [-0.4, -0.2) is 9.97 Å². The van der Waals surface area contributed by atoms with Crippen LogP contribution in [0.4, 0.5) is 5.82 Å². The summed E-state index contributed by atoms with van der Waals surface area (Å²) in [7, 11) is 0. The quantitative estimate of drug-likeness (QED) is 0.868. The smallest absolute Gasteiger partial charge is 0.133 e. The first kappa shape index (κ1) is 12.8.